The quantitative estimate of drug-likeness (QED) is 0.333. The zero-order valence-electron chi connectivity index (χ0n) is 19.1. The van der Waals surface area contributed by atoms with E-state index in [4.69, 9.17) is 14.2 Å². The molecule has 0 atom stereocenters. The Morgan fingerprint density at radius 2 is 1.67 bits per heavy atom. The molecule has 2 N–H and O–H groups in total. The van der Waals surface area contributed by atoms with E-state index < -0.39 is 0 Å². The van der Waals surface area contributed by atoms with E-state index in [9.17, 15) is 4.79 Å². The molecule has 0 saturated carbocycles. The van der Waals surface area contributed by atoms with Gasteiger partial charge in [0.15, 0.2) is 0 Å². The molecule has 6 heteroatoms. The molecular formula is C27H32N2O4. The molecular weight excluding hydrogens is 416 g/mol. The highest BCUT2D eigenvalue weighted by Gasteiger charge is 2.07. The smallest absolute Gasteiger partial charge is 0.243 e. The summed E-state index contributed by atoms with van der Waals surface area (Å²) in [5, 5.41) is 6.04. The van der Waals surface area contributed by atoms with Crippen LogP contribution in [0.15, 0.2) is 78.9 Å². The fraction of sp³-hybridized carbons (Fsp3) is 0.296. The van der Waals surface area contributed by atoms with E-state index >= 15 is 0 Å². The van der Waals surface area contributed by atoms with Crippen LogP contribution >= 0.6 is 0 Å². The minimum atomic E-state index is -0.152. The summed E-state index contributed by atoms with van der Waals surface area (Å²) in [5.74, 6) is 1.28. The number of benzene rings is 3. The van der Waals surface area contributed by atoms with Crippen molar-refractivity contribution in [2.75, 3.05) is 43.6 Å². The maximum absolute atomic E-state index is 12.4. The SMILES string of the molecule is CCOCCOc1ccccc1NCC(=O)Nc1cccc(OCCCc2ccccc2)c1. The van der Waals surface area contributed by atoms with Crippen molar-refractivity contribution in [2.45, 2.75) is 19.8 Å². The molecule has 33 heavy (non-hydrogen) atoms. The highest BCUT2D eigenvalue weighted by Crippen LogP contribution is 2.23. The van der Waals surface area contributed by atoms with Crippen molar-refractivity contribution < 1.29 is 19.0 Å². The Hall–Kier alpha value is -3.51. The van der Waals surface area contributed by atoms with Gasteiger partial charge in [0.2, 0.25) is 5.91 Å². The lowest BCUT2D eigenvalue weighted by Crippen LogP contribution is -2.22. The maximum atomic E-state index is 12.4. The molecule has 3 rings (SSSR count). The van der Waals surface area contributed by atoms with Crippen molar-refractivity contribution in [3.05, 3.63) is 84.4 Å². The predicted molar refractivity (Wildman–Crippen MR) is 132 cm³/mol. The highest BCUT2D eigenvalue weighted by atomic mass is 16.5. The zero-order valence-corrected chi connectivity index (χ0v) is 19.1. The third-order valence-corrected chi connectivity index (χ3v) is 4.85. The normalized spacial score (nSPS) is 10.5. The van der Waals surface area contributed by atoms with Crippen molar-refractivity contribution in [3.63, 3.8) is 0 Å². The van der Waals surface area contributed by atoms with Gasteiger partial charge in [0.25, 0.3) is 0 Å². The molecule has 3 aromatic rings. The first-order chi connectivity index (χ1) is 16.2. The molecule has 1 amide bonds. The lowest BCUT2D eigenvalue weighted by molar-refractivity contribution is -0.114. The lowest BCUT2D eigenvalue weighted by atomic mass is 10.1. The zero-order chi connectivity index (χ0) is 23.1. The van der Waals surface area contributed by atoms with Crippen LogP contribution < -0.4 is 20.1 Å². The molecule has 174 valence electrons. The molecule has 3 aromatic carbocycles. The maximum Gasteiger partial charge on any atom is 0.243 e. The van der Waals surface area contributed by atoms with E-state index in [-0.39, 0.29) is 12.5 Å². The van der Waals surface area contributed by atoms with Crippen LogP contribution in [-0.4, -0.2) is 38.9 Å². The van der Waals surface area contributed by atoms with Gasteiger partial charge in [-0.1, -0.05) is 48.5 Å². The van der Waals surface area contributed by atoms with Gasteiger partial charge >= 0.3 is 0 Å². The highest BCUT2D eigenvalue weighted by molar-refractivity contribution is 5.94. The fourth-order valence-electron chi connectivity index (χ4n) is 3.25. The van der Waals surface area contributed by atoms with Crippen molar-refractivity contribution in [2.24, 2.45) is 0 Å². The topological polar surface area (TPSA) is 68.8 Å². The molecule has 0 heterocycles. The van der Waals surface area contributed by atoms with Crippen LogP contribution in [0.1, 0.15) is 18.9 Å². The Morgan fingerprint density at radius 1 is 0.848 bits per heavy atom. The van der Waals surface area contributed by atoms with Crippen LogP contribution in [0.3, 0.4) is 0 Å². The Kier molecular flexibility index (Phi) is 10.1. The number of carbonyl (C=O) groups excluding carboxylic acids is 1. The Bertz CT molecular complexity index is 979. The van der Waals surface area contributed by atoms with E-state index in [2.05, 4.69) is 22.8 Å². The number of rotatable bonds is 14. The molecule has 0 aliphatic rings. The molecule has 0 saturated heterocycles. The second kappa shape index (κ2) is 13.8. The Morgan fingerprint density at radius 3 is 2.52 bits per heavy atom. The first-order valence-electron chi connectivity index (χ1n) is 11.3. The van der Waals surface area contributed by atoms with E-state index in [0.29, 0.717) is 37.9 Å². The van der Waals surface area contributed by atoms with Crippen molar-refractivity contribution in [3.8, 4) is 11.5 Å². The Balaban J connectivity index is 1.42. The van der Waals surface area contributed by atoms with E-state index in [1.807, 2.05) is 73.7 Å². The largest absolute Gasteiger partial charge is 0.494 e. The number of anilines is 2. The summed E-state index contributed by atoms with van der Waals surface area (Å²) in [5.41, 5.74) is 2.76. The number of hydrogen-bond acceptors (Lipinski definition) is 5. The molecule has 0 aliphatic heterocycles. The first-order valence-corrected chi connectivity index (χ1v) is 11.3. The summed E-state index contributed by atoms with van der Waals surface area (Å²) in [6, 6.07) is 25.3. The molecule has 0 aliphatic carbocycles. The summed E-state index contributed by atoms with van der Waals surface area (Å²) >= 11 is 0. The van der Waals surface area contributed by atoms with Crippen LogP contribution in [0.2, 0.25) is 0 Å². The molecule has 0 radical (unpaired) electrons. The van der Waals surface area contributed by atoms with Gasteiger partial charge in [0, 0.05) is 18.4 Å². The van der Waals surface area contributed by atoms with Gasteiger partial charge in [-0.2, -0.15) is 0 Å². The predicted octanol–water partition coefficient (Wildman–Crippen LogP) is 5.16. The lowest BCUT2D eigenvalue weighted by Gasteiger charge is -2.13. The number of aryl methyl sites for hydroxylation is 1. The molecule has 0 aromatic heterocycles. The van der Waals surface area contributed by atoms with Crippen LogP contribution in [0.5, 0.6) is 11.5 Å². The number of ether oxygens (including phenoxy) is 3. The van der Waals surface area contributed by atoms with E-state index in [1.165, 1.54) is 5.56 Å². The van der Waals surface area contributed by atoms with Crippen molar-refractivity contribution >= 4 is 17.3 Å². The average molecular weight is 449 g/mol. The van der Waals surface area contributed by atoms with Crippen LogP contribution in [-0.2, 0) is 16.0 Å². The molecule has 6 nitrogen and oxygen atoms in total. The third-order valence-electron chi connectivity index (χ3n) is 4.85. The third kappa shape index (κ3) is 8.86. The van der Waals surface area contributed by atoms with Gasteiger partial charge in [-0.25, -0.2) is 0 Å². The van der Waals surface area contributed by atoms with Crippen LogP contribution in [0, 0.1) is 0 Å². The number of hydrogen-bond donors (Lipinski definition) is 2. The summed E-state index contributed by atoms with van der Waals surface area (Å²) in [6.45, 7) is 4.32. The second-order valence-electron chi connectivity index (χ2n) is 7.41. The van der Waals surface area contributed by atoms with Gasteiger partial charge in [0.1, 0.15) is 18.1 Å². The molecule has 0 bridgehead atoms. The number of para-hydroxylation sites is 2. The standard InChI is InChI=1S/C27H32N2O4/c1-2-31-18-19-33-26-16-7-6-15-25(26)28-21-27(30)29-23-13-8-14-24(20-23)32-17-9-12-22-10-4-3-5-11-22/h3-8,10-11,13-16,20,28H,2,9,12,17-19,21H2,1H3,(H,29,30). The van der Waals surface area contributed by atoms with Crippen LogP contribution in [0.25, 0.3) is 0 Å². The van der Waals surface area contributed by atoms with E-state index in [0.717, 1.165) is 24.3 Å². The van der Waals surface area contributed by atoms with Gasteiger partial charge in [-0.15, -0.1) is 0 Å². The van der Waals surface area contributed by atoms with Gasteiger partial charge in [-0.3, -0.25) is 4.79 Å². The van der Waals surface area contributed by atoms with Gasteiger partial charge in [-0.05, 0) is 49.6 Å². The number of amides is 1. The van der Waals surface area contributed by atoms with Crippen molar-refractivity contribution in [1.82, 2.24) is 0 Å². The minimum absolute atomic E-state index is 0.119. The average Bonchev–Trinajstić information content (AvgIpc) is 2.85. The molecule has 0 fully saturated rings. The van der Waals surface area contributed by atoms with Crippen LogP contribution in [0.4, 0.5) is 11.4 Å². The van der Waals surface area contributed by atoms with Crippen molar-refractivity contribution in [1.29, 1.82) is 0 Å². The van der Waals surface area contributed by atoms with Gasteiger partial charge < -0.3 is 24.8 Å². The monoisotopic (exact) mass is 448 g/mol. The number of nitrogens with one attached hydrogen (secondary N) is 2. The first kappa shape index (κ1) is 24.1. The minimum Gasteiger partial charge on any atom is -0.494 e. The van der Waals surface area contributed by atoms with Gasteiger partial charge in [0.05, 0.1) is 25.4 Å². The fourth-order valence-corrected chi connectivity index (χ4v) is 3.25. The van der Waals surface area contributed by atoms with E-state index in [1.54, 1.807) is 0 Å². The summed E-state index contributed by atoms with van der Waals surface area (Å²) < 4.78 is 16.9. The second-order valence-corrected chi connectivity index (χ2v) is 7.41. The summed E-state index contributed by atoms with van der Waals surface area (Å²) in [7, 11) is 0. The summed E-state index contributed by atoms with van der Waals surface area (Å²) in [6.07, 6.45) is 1.90. The molecule has 0 spiro atoms. The Labute approximate surface area is 195 Å². The number of carbonyl (C=O) groups is 1. The molecule has 0 unspecified atom stereocenters. The summed E-state index contributed by atoms with van der Waals surface area (Å²) in [4.78, 5) is 12.4.